The summed E-state index contributed by atoms with van der Waals surface area (Å²) < 4.78 is 0. The van der Waals surface area contributed by atoms with Crippen molar-refractivity contribution in [1.82, 2.24) is 0 Å². The Hall–Kier alpha value is -0.640. The normalized spacial score (nSPS) is 8.67. The first-order valence-electron chi connectivity index (χ1n) is 7.06. The van der Waals surface area contributed by atoms with Crippen LogP contribution in [0.15, 0.2) is 37.1 Å². The number of thioether (sulfide) groups is 2. The van der Waals surface area contributed by atoms with Crippen molar-refractivity contribution in [1.29, 1.82) is 0 Å². The molecule has 1 heterocycles. The fourth-order valence-electron chi connectivity index (χ4n) is 1.44. The topological polar surface area (TPSA) is 0 Å². The largest absolute Gasteiger partial charge is 0.134 e. The maximum atomic E-state index is 4.08. The third kappa shape index (κ3) is 6.77. The van der Waals surface area contributed by atoms with E-state index in [9.17, 15) is 0 Å². The lowest BCUT2D eigenvalue weighted by atomic mass is 10.1. The van der Waals surface area contributed by atoms with Crippen LogP contribution in [0.25, 0.3) is 9.81 Å². The van der Waals surface area contributed by atoms with E-state index in [1.807, 2.05) is 38.5 Å². The molecule has 0 aromatic carbocycles. The van der Waals surface area contributed by atoms with Gasteiger partial charge in [0, 0.05) is 19.6 Å². The highest BCUT2D eigenvalue weighted by Crippen LogP contribution is 2.42. The van der Waals surface area contributed by atoms with Crippen molar-refractivity contribution < 1.29 is 0 Å². The van der Waals surface area contributed by atoms with E-state index < -0.39 is 0 Å². The van der Waals surface area contributed by atoms with Crippen LogP contribution in [0.5, 0.6) is 0 Å². The second-order valence-electron chi connectivity index (χ2n) is 3.43. The molecule has 3 heteroatoms. The molecule has 118 valence electrons. The van der Waals surface area contributed by atoms with Gasteiger partial charge in [-0.2, -0.15) is 0 Å². The molecule has 0 saturated heterocycles. The van der Waals surface area contributed by atoms with Crippen LogP contribution < -0.4 is 0 Å². The fraction of sp³-hybridized carbons (Fsp3) is 0.333. The third-order valence-electron chi connectivity index (χ3n) is 2.41. The monoisotopic (exact) mass is 340 g/mol. The minimum atomic E-state index is 1.05. The first-order valence-corrected chi connectivity index (χ1v) is 9.64. The third-order valence-corrected chi connectivity index (χ3v) is 5.49. The number of hydrogen-bond acceptors (Lipinski definition) is 3. The lowest BCUT2D eigenvalue weighted by Crippen LogP contribution is -1.80. The molecule has 0 aliphatic heterocycles. The summed E-state index contributed by atoms with van der Waals surface area (Å²) in [7, 11) is 0. The van der Waals surface area contributed by atoms with Crippen LogP contribution in [-0.4, -0.2) is 0 Å². The zero-order valence-corrected chi connectivity index (χ0v) is 16.7. The highest BCUT2D eigenvalue weighted by Gasteiger charge is 2.15. The molecule has 0 radical (unpaired) electrons. The summed E-state index contributed by atoms with van der Waals surface area (Å²) >= 11 is 4.88. The van der Waals surface area contributed by atoms with Crippen molar-refractivity contribution in [3.63, 3.8) is 0 Å². The summed E-state index contributed by atoms with van der Waals surface area (Å²) in [5.74, 6) is 0. The van der Waals surface area contributed by atoms with E-state index in [4.69, 9.17) is 0 Å². The number of thiophene rings is 1. The van der Waals surface area contributed by atoms with Crippen molar-refractivity contribution >= 4 is 44.7 Å². The first-order chi connectivity index (χ1) is 10.0. The van der Waals surface area contributed by atoms with E-state index >= 15 is 0 Å². The van der Waals surface area contributed by atoms with E-state index in [0.29, 0.717) is 0 Å². The van der Waals surface area contributed by atoms with Crippen molar-refractivity contribution in [3.8, 4) is 0 Å². The molecular formula is C18H28S3. The fourth-order valence-corrected chi connectivity index (χ4v) is 3.94. The highest BCUT2D eigenvalue weighted by molar-refractivity contribution is 8.11. The van der Waals surface area contributed by atoms with Gasteiger partial charge in [0.15, 0.2) is 0 Å². The molecule has 0 unspecified atom stereocenters. The van der Waals surface area contributed by atoms with Gasteiger partial charge in [-0.05, 0) is 35.8 Å². The summed E-state index contributed by atoms with van der Waals surface area (Å²) in [6, 6.07) is 0. The van der Waals surface area contributed by atoms with Crippen molar-refractivity contribution in [2.75, 3.05) is 0 Å². The van der Waals surface area contributed by atoms with Gasteiger partial charge in [0.2, 0.25) is 0 Å². The van der Waals surface area contributed by atoms with Crippen LogP contribution in [0.4, 0.5) is 0 Å². The lowest BCUT2D eigenvalue weighted by molar-refractivity contribution is 1.38. The SMILES string of the molecule is C=CSC(=C)c1sc(C(=C)SC=C)c(C)c1C.CC.CC. The molecule has 21 heavy (non-hydrogen) atoms. The molecule has 0 amide bonds. The van der Waals surface area contributed by atoms with Gasteiger partial charge in [-0.15, -0.1) is 11.3 Å². The molecular weight excluding hydrogens is 312 g/mol. The van der Waals surface area contributed by atoms with Gasteiger partial charge >= 0.3 is 0 Å². The number of hydrogen-bond donors (Lipinski definition) is 0. The Balaban J connectivity index is 0. The standard InChI is InChI=1S/C14H16S3.2C2H6/c1-7-15-11(5)13-9(3)10(4)14(17-13)12(6)16-8-2;2*1-2/h7-8H,1-2,5-6H2,3-4H3;2*1-2H3. The minimum absolute atomic E-state index is 1.05. The highest BCUT2D eigenvalue weighted by atomic mass is 32.2. The Labute approximate surface area is 144 Å². The second-order valence-corrected chi connectivity index (χ2v) is 6.57. The average Bonchev–Trinajstić information content (AvgIpc) is 2.80. The summed E-state index contributed by atoms with van der Waals surface area (Å²) in [4.78, 5) is 4.56. The smallest absolute Gasteiger partial charge is 0.0442 e. The zero-order chi connectivity index (χ0) is 17.0. The first kappa shape index (κ1) is 22.6. The zero-order valence-electron chi connectivity index (χ0n) is 14.2. The van der Waals surface area contributed by atoms with Crippen LogP contribution in [0, 0.1) is 13.8 Å². The molecule has 0 fully saturated rings. The predicted octanol–water partition coefficient (Wildman–Crippen LogP) is 8.11. The van der Waals surface area contributed by atoms with Gasteiger partial charge in [-0.25, -0.2) is 0 Å². The molecule has 1 aromatic heterocycles. The maximum Gasteiger partial charge on any atom is 0.0442 e. The van der Waals surface area contributed by atoms with E-state index in [0.717, 1.165) is 9.81 Å². The minimum Gasteiger partial charge on any atom is -0.134 e. The van der Waals surface area contributed by atoms with Crippen LogP contribution in [0.2, 0.25) is 0 Å². The Morgan fingerprint density at radius 1 is 0.810 bits per heavy atom. The van der Waals surface area contributed by atoms with Gasteiger partial charge in [0.05, 0.1) is 0 Å². The van der Waals surface area contributed by atoms with E-state index in [1.165, 1.54) is 20.9 Å². The predicted molar refractivity (Wildman–Crippen MR) is 110 cm³/mol. The van der Waals surface area contributed by atoms with E-state index in [-0.39, 0.29) is 0 Å². The molecule has 1 aromatic rings. The molecule has 0 spiro atoms. The molecule has 1 rings (SSSR count). The Morgan fingerprint density at radius 3 is 1.33 bits per heavy atom. The summed E-state index contributed by atoms with van der Waals surface area (Å²) in [6.45, 7) is 27.9. The van der Waals surface area contributed by atoms with Gasteiger partial charge in [-0.1, -0.05) is 77.5 Å². The van der Waals surface area contributed by atoms with Crippen molar-refractivity contribution in [3.05, 3.63) is 58.0 Å². The van der Waals surface area contributed by atoms with Gasteiger partial charge < -0.3 is 0 Å². The average molecular weight is 341 g/mol. The van der Waals surface area contributed by atoms with Crippen LogP contribution in [0.3, 0.4) is 0 Å². The number of rotatable bonds is 6. The molecule has 0 N–H and O–H groups in total. The maximum absolute atomic E-state index is 4.08. The van der Waals surface area contributed by atoms with E-state index in [1.54, 1.807) is 34.9 Å². The summed E-state index contributed by atoms with van der Waals surface area (Å²) in [5.41, 5.74) is 2.57. The Bertz CT molecular complexity index is 436. The second kappa shape index (κ2) is 13.1. The molecule has 0 nitrogen and oxygen atoms in total. The quantitative estimate of drug-likeness (QED) is 0.513. The van der Waals surface area contributed by atoms with Crippen LogP contribution >= 0.6 is 34.9 Å². The van der Waals surface area contributed by atoms with Gasteiger partial charge in [-0.3, -0.25) is 0 Å². The van der Waals surface area contributed by atoms with Crippen LogP contribution in [0.1, 0.15) is 48.6 Å². The van der Waals surface area contributed by atoms with Crippen LogP contribution in [-0.2, 0) is 0 Å². The molecule has 0 saturated carbocycles. The Morgan fingerprint density at radius 2 is 1.10 bits per heavy atom. The summed E-state index contributed by atoms with van der Waals surface area (Å²) in [6.07, 6.45) is 0. The van der Waals surface area contributed by atoms with Crippen molar-refractivity contribution in [2.24, 2.45) is 0 Å². The lowest BCUT2D eigenvalue weighted by Gasteiger charge is -2.00. The molecule has 0 bridgehead atoms. The summed E-state index contributed by atoms with van der Waals surface area (Å²) in [5, 5.41) is 3.62. The van der Waals surface area contributed by atoms with E-state index in [2.05, 4.69) is 40.2 Å². The molecule has 0 atom stereocenters. The van der Waals surface area contributed by atoms with Gasteiger partial charge in [0.1, 0.15) is 0 Å². The Kier molecular flexibility index (Phi) is 14.1. The molecule has 0 aliphatic rings. The van der Waals surface area contributed by atoms with Gasteiger partial charge in [0.25, 0.3) is 0 Å². The molecule has 0 aliphatic carbocycles. The van der Waals surface area contributed by atoms with Crippen molar-refractivity contribution in [2.45, 2.75) is 41.5 Å².